The number of ether oxygens (including phenoxy) is 1. The van der Waals surface area contributed by atoms with Gasteiger partial charge < -0.3 is 9.64 Å². The van der Waals surface area contributed by atoms with Crippen molar-refractivity contribution in [2.24, 2.45) is 0 Å². The number of carbonyl (C=O) groups is 1. The molecule has 4 rings (SSSR count). The molecule has 0 bridgehead atoms. The van der Waals surface area contributed by atoms with Crippen molar-refractivity contribution < 1.29 is 9.53 Å². The Balaban J connectivity index is 1.26. The second-order valence-corrected chi connectivity index (χ2v) is 8.43. The van der Waals surface area contributed by atoms with E-state index >= 15 is 0 Å². The molecule has 0 atom stereocenters. The largest absolute Gasteiger partial charge is 0.497 e. The van der Waals surface area contributed by atoms with Crippen LogP contribution >= 0.6 is 11.3 Å². The van der Waals surface area contributed by atoms with Gasteiger partial charge in [0, 0.05) is 56.9 Å². The molecule has 1 aliphatic rings. The first kappa shape index (κ1) is 21.4. The number of methoxy groups -OCH3 is 1. The first-order valence-electron chi connectivity index (χ1n) is 10.6. The zero-order chi connectivity index (χ0) is 21.5. The van der Waals surface area contributed by atoms with Gasteiger partial charge in [-0.25, -0.2) is 15.0 Å². The van der Waals surface area contributed by atoms with Crippen molar-refractivity contribution in [3.05, 3.63) is 59.4 Å². The van der Waals surface area contributed by atoms with Gasteiger partial charge in [0.1, 0.15) is 5.75 Å². The van der Waals surface area contributed by atoms with Crippen molar-refractivity contribution >= 4 is 17.2 Å². The zero-order valence-corrected chi connectivity index (χ0v) is 18.6. The highest BCUT2D eigenvalue weighted by molar-refractivity contribution is 7.13. The maximum absolute atomic E-state index is 12.7. The van der Waals surface area contributed by atoms with Gasteiger partial charge in [-0.3, -0.25) is 9.69 Å². The standard InChI is InChI=1S/C23H27N5O2S/c1-30-20-7-4-18(5-8-20)6-9-21(29)28-13-3-12-27(14-15-28)16-19-17-31-23(26-19)22-24-10-2-11-25-22/h2,4-5,7-8,10-11,17H,3,6,9,12-16H2,1H3. The van der Waals surface area contributed by atoms with Crippen LogP contribution in [0.5, 0.6) is 5.75 Å². The van der Waals surface area contributed by atoms with Gasteiger partial charge in [-0.2, -0.15) is 0 Å². The highest BCUT2D eigenvalue weighted by atomic mass is 32.1. The minimum absolute atomic E-state index is 0.231. The van der Waals surface area contributed by atoms with E-state index in [1.54, 1.807) is 36.9 Å². The molecule has 1 fully saturated rings. The van der Waals surface area contributed by atoms with E-state index in [9.17, 15) is 4.79 Å². The van der Waals surface area contributed by atoms with Crippen LogP contribution in [0.4, 0.5) is 0 Å². The summed E-state index contributed by atoms with van der Waals surface area (Å²) in [6.07, 6.45) is 5.75. The summed E-state index contributed by atoms with van der Waals surface area (Å²) in [7, 11) is 1.66. The van der Waals surface area contributed by atoms with Gasteiger partial charge >= 0.3 is 0 Å². The topological polar surface area (TPSA) is 71.5 Å². The number of thiazole rings is 1. The average Bonchev–Trinajstić information content (AvgIpc) is 3.16. The van der Waals surface area contributed by atoms with Gasteiger partial charge in [0.15, 0.2) is 10.8 Å². The molecule has 1 aromatic carbocycles. The summed E-state index contributed by atoms with van der Waals surface area (Å²) < 4.78 is 5.19. The first-order valence-corrected chi connectivity index (χ1v) is 11.4. The Morgan fingerprint density at radius 3 is 2.68 bits per heavy atom. The molecule has 1 amide bonds. The summed E-state index contributed by atoms with van der Waals surface area (Å²) in [5, 5.41) is 2.93. The SMILES string of the molecule is COc1ccc(CCC(=O)N2CCCN(Cc3csc(-c4ncccn4)n3)CC2)cc1. The van der Waals surface area contributed by atoms with Crippen molar-refractivity contribution in [2.75, 3.05) is 33.3 Å². The van der Waals surface area contributed by atoms with Crippen LogP contribution < -0.4 is 4.74 Å². The Kier molecular flexibility index (Phi) is 7.22. The Bertz CT molecular complexity index is 977. The second-order valence-electron chi connectivity index (χ2n) is 7.57. The van der Waals surface area contributed by atoms with E-state index < -0.39 is 0 Å². The molecule has 31 heavy (non-hydrogen) atoms. The minimum atomic E-state index is 0.231. The summed E-state index contributed by atoms with van der Waals surface area (Å²) in [5.41, 5.74) is 2.19. The summed E-state index contributed by atoms with van der Waals surface area (Å²) in [6, 6.07) is 9.74. The third-order valence-electron chi connectivity index (χ3n) is 5.42. The van der Waals surface area contributed by atoms with Crippen LogP contribution in [0, 0.1) is 0 Å². The fourth-order valence-electron chi connectivity index (χ4n) is 3.70. The molecule has 0 radical (unpaired) electrons. The molecule has 8 heteroatoms. The van der Waals surface area contributed by atoms with Crippen LogP contribution in [-0.4, -0.2) is 63.9 Å². The molecular formula is C23H27N5O2S. The Labute approximate surface area is 186 Å². The predicted octanol–water partition coefficient (Wildman–Crippen LogP) is 3.28. The minimum Gasteiger partial charge on any atom is -0.497 e. The maximum Gasteiger partial charge on any atom is 0.222 e. The third-order valence-corrected chi connectivity index (χ3v) is 6.31. The first-order chi connectivity index (χ1) is 15.2. The molecule has 162 valence electrons. The van der Waals surface area contributed by atoms with Crippen molar-refractivity contribution in [1.82, 2.24) is 24.8 Å². The van der Waals surface area contributed by atoms with Crippen LogP contribution in [0.15, 0.2) is 48.1 Å². The fourth-order valence-corrected chi connectivity index (χ4v) is 4.46. The smallest absolute Gasteiger partial charge is 0.222 e. The van der Waals surface area contributed by atoms with Crippen LogP contribution in [0.25, 0.3) is 10.8 Å². The molecule has 0 unspecified atom stereocenters. The summed E-state index contributed by atoms with van der Waals surface area (Å²) in [4.78, 5) is 30.4. The van der Waals surface area contributed by atoms with Crippen molar-refractivity contribution in [3.63, 3.8) is 0 Å². The average molecular weight is 438 g/mol. The van der Waals surface area contributed by atoms with Gasteiger partial charge in [0.25, 0.3) is 0 Å². The van der Waals surface area contributed by atoms with Gasteiger partial charge in [-0.1, -0.05) is 12.1 Å². The molecule has 0 saturated carbocycles. The predicted molar refractivity (Wildman–Crippen MR) is 121 cm³/mol. The lowest BCUT2D eigenvalue weighted by molar-refractivity contribution is -0.131. The molecule has 0 spiro atoms. The maximum atomic E-state index is 12.7. The van der Waals surface area contributed by atoms with Crippen molar-refractivity contribution in [2.45, 2.75) is 25.8 Å². The molecule has 3 heterocycles. The van der Waals surface area contributed by atoms with E-state index in [-0.39, 0.29) is 5.91 Å². The normalized spacial score (nSPS) is 14.9. The highest BCUT2D eigenvalue weighted by Crippen LogP contribution is 2.21. The number of hydrogen-bond donors (Lipinski definition) is 0. The van der Waals surface area contributed by atoms with E-state index in [1.807, 2.05) is 29.2 Å². The van der Waals surface area contributed by atoms with Gasteiger partial charge in [-0.05, 0) is 36.6 Å². The van der Waals surface area contributed by atoms with Crippen LogP contribution in [-0.2, 0) is 17.8 Å². The Hall–Kier alpha value is -2.84. The van der Waals surface area contributed by atoms with Crippen molar-refractivity contribution in [1.29, 1.82) is 0 Å². The zero-order valence-electron chi connectivity index (χ0n) is 17.7. The second kappa shape index (κ2) is 10.5. The number of benzene rings is 1. The molecule has 0 aliphatic carbocycles. The molecule has 0 N–H and O–H groups in total. The number of aryl methyl sites for hydroxylation is 1. The van der Waals surface area contributed by atoms with E-state index in [1.165, 1.54) is 0 Å². The highest BCUT2D eigenvalue weighted by Gasteiger charge is 2.20. The summed E-state index contributed by atoms with van der Waals surface area (Å²) in [6.45, 7) is 4.20. The Morgan fingerprint density at radius 1 is 1.10 bits per heavy atom. The molecule has 1 aliphatic heterocycles. The van der Waals surface area contributed by atoms with Crippen LogP contribution in [0.1, 0.15) is 24.1 Å². The van der Waals surface area contributed by atoms with E-state index in [0.29, 0.717) is 12.2 Å². The molecule has 3 aromatic rings. The lowest BCUT2D eigenvalue weighted by atomic mass is 10.1. The molecule has 2 aromatic heterocycles. The van der Waals surface area contributed by atoms with Crippen LogP contribution in [0.2, 0.25) is 0 Å². The van der Waals surface area contributed by atoms with E-state index in [0.717, 1.165) is 67.6 Å². The lowest BCUT2D eigenvalue weighted by Gasteiger charge is -2.21. The molecule has 1 saturated heterocycles. The summed E-state index contributed by atoms with van der Waals surface area (Å²) >= 11 is 1.57. The monoisotopic (exact) mass is 437 g/mol. The number of rotatable bonds is 7. The van der Waals surface area contributed by atoms with Gasteiger partial charge in [-0.15, -0.1) is 11.3 Å². The number of aromatic nitrogens is 3. The van der Waals surface area contributed by atoms with Crippen LogP contribution in [0.3, 0.4) is 0 Å². The summed E-state index contributed by atoms with van der Waals surface area (Å²) in [5.74, 6) is 1.74. The lowest BCUT2D eigenvalue weighted by Crippen LogP contribution is -2.35. The third kappa shape index (κ3) is 5.86. The van der Waals surface area contributed by atoms with Gasteiger partial charge in [0.2, 0.25) is 5.91 Å². The quantitative estimate of drug-likeness (QED) is 0.565. The van der Waals surface area contributed by atoms with Crippen molar-refractivity contribution in [3.8, 4) is 16.6 Å². The van der Waals surface area contributed by atoms with Gasteiger partial charge in [0.05, 0.1) is 12.8 Å². The fraction of sp³-hybridized carbons (Fsp3) is 0.391. The Morgan fingerprint density at radius 2 is 1.90 bits per heavy atom. The number of amides is 1. The molecular weight excluding hydrogens is 410 g/mol. The van der Waals surface area contributed by atoms with E-state index in [4.69, 9.17) is 9.72 Å². The van der Waals surface area contributed by atoms with E-state index in [2.05, 4.69) is 20.2 Å². The number of nitrogens with zero attached hydrogens (tertiary/aromatic N) is 5. The molecule has 7 nitrogen and oxygen atoms in total. The number of hydrogen-bond acceptors (Lipinski definition) is 7. The number of carbonyl (C=O) groups excluding carboxylic acids is 1.